The van der Waals surface area contributed by atoms with Gasteiger partial charge in [0.2, 0.25) is 0 Å². The summed E-state index contributed by atoms with van der Waals surface area (Å²) >= 11 is 0. The molecule has 0 fully saturated rings. The summed E-state index contributed by atoms with van der Waals surface area (Å²) in [6.45, 7) is 4.09. The van der Waals surface area contributed by atoms with Crippen LogP contribution in [-0.2, 0) is 0 Å². The Labute approximate surface area is 166 Å². The first-order valence-corrected chi connectivity index (χ1v) is 9.47. The minimum Gasteiger partial charge on any atom is -0.322 e. The molecule has 0 spiro atoms. The summed E-state index contributed by atoms with van der Waals surface area (Å²) < 4.78 is 0. The van der Waals surface area contributed by atoms with Crippen molar-refractivity contribution < 1.29 is 4.79 Å². The maximum atomic E-state index is 12.4. The molecule has 0 aliphatic rings. The third-order valence-electron chi connectivity index (χ3n) is 4.42. The van der Waals surface area contributed by atoms with Crippen LogP contribution in [0.5, 0.6) is 0 Å². The highest BCUT2D eigenvalue weighted by atomic mass is 16.1. The van der Waals surface area contributed by atoms with Crippen LogP contribution in [0.1, 0.15) is 41.8 Å². The number of rotatable bonds is 6. The summed E-state index contributed by atoms with van der Waals surface area (Å²) in [6.07, 6.45) is 2.84. The van der Waals surface area contributed by atoms with E-state index in [0.717, 1.165) is 34.6 Å². The van der Waals surface area contributed by atoms with Crippen LogP contribution in [-0.4, -0.2) is 11.6 Å². The number of hydrogen-bond donors (Lipinski definition) is 1. The summed E-state index contributed by atoms with van der Waals surface area (Å²) in [5.74, 6) is -0.123. The molecule has 1 N–H and O–H groups in total. The molecule has 0 unspecified atom stereocenters. The van der Waals surface area contributed by atoms with Crippen LogP contribution in [0.4, 0.5) is 5.69 Å². The molecule has 3 aromatic carbocycles. The maximum Gasteiger partial charge on any atom is 0.255 e. The lowest BCUT2D eigenvalue weighted by atomic mass is 10.1. The average Bonchev–Trinajstić information content (AvgIpc) is 2.76. The zero-order chi connectivity index (χ0) is 19.8. The molecule has 1 amide bonds. The van der Waals surface area contributed by atoms with E-state index in [-0.39, 0.29) is 5.91 Å². The van der Waals surface area contributed by atoms with Crippen LogP contribution < -0.4 is 5.32 Å². The van der Waals surface area contributed by atoms with Gasteiger partial charge in [-0.3, -0.25) is 9.79 Å². The Bertz CT molecular complexity index is 989. The van der Waals surface area contributed by atoms with E-state index in [2.05, 4.69) is 24.4 Å². The molecule has 3 aromatic rings. The lowest BCUT2D eigenvalue weighted by Gasteiger charge is -2.10. The van der Waals surface area contributed by atoms with Crippen molar-refractivity contribution in [2.45, 2.75) is 20.3 Å². The molecule has 0 heterocycles. The van der Waals surface area contributed by atoms with Crippen LogP contribution in [0.2, 0.25) is 0 Å². The van der Waals surface area contributed by atoms with Crippen molar-refractivity contribution in [3.63, 3.8) is 0 Å². The molecular formula is C25H24N2O. The maximum absolute atomic E-state index is 12.4. The molecule has 0 aliphatic carbocycles. The summed E-state index contributed by atoms with van der Waals surface area (Å²) in [4.78, 5) is 17.3. The first kappa shape index (κ1) is 19.3. The van der Waals surface area contributed by atoms with Crippen LogP contribution in [0, 0.1) is 0 Å². The van der Waals surface area contributed by atoms with Gasteiger partial charge in [0.1, 0.15) is 0 Å². The Morgan fingerprint density at radius 3 is 2.07 bits per heavy atom. The number of allylic oxidation sites excluding steroid dienone is 1. The molecule has 0 saturated carbocycles. The highest BCUT2D eigenvalue weighted by Gasteiger charge is 2.08. The second-order valence-electron chi connectivity index (χ2n) is 6.35. The quantitative estimate of drug-likeness (QED) is 0.517. The number of aliphatic imine (C=N–C) groups is 1. The average molecular weight is 368 g/mol. The van der Waals surface area contributed by atoms with Crippen molar-refractivity contribution >= 4 is 23.0 Å². The minimum absolute atomic E-state index is 0.123. The minimum atomic E-state index is -0.123. The fourth-order valence-electron chi connectivity index (χ4n) is 2.97. The normalized spacial score (nSPS) is 11.9. The molecule has 0 saturated heterocycles. The van der Waals surface area contributed by atoms with Gasteiger partial charge in [-0.2, -0.15) is 0 Å². The number of benzene rings is 3. The van der Waals surface area contributed by atoms with E-state index >= 15 is 0 Å². The van der Waals surface area contributed by atoms with Gasteiger partial charge >= 0.3 is 0 Å². The molecule has 3 rings (SSSR count). The van der Waals surface area contributed by atoms with Gasteiger partial charge in [-0.15, -0.1) is 0 Å². The topological polar surface area (TPSA) is 41.5 Å². The first-order valence-electron chi connectivity index (χ1n) is 9.47. The van der Waals surface area contributed by atoms with Crippen LogP contribution in [0.3, 0.4) is 0 Å². The summed E-state index contributed by atoms with van der Waals surface area (Å²) in [7, 11) is 0. The van der Waals surface area contributed by atoms with Crippen LogP contribution in [0.15, 0.2) is 96.0 Å². The van der Waals surface area contributed by atoms with Crippen LogP contribution in [0.25, 0.3) is 5.70 Å². The molecule has 3 nitrogen and oxygen atoms in total. The number of anilines is 1. The van der Waals surface area contributed by atoms with Gasteiger partial charge in [-0.1, -0.05) is 73.7 Å². The smallest absolute Gasteiger partial charge is 0.255 e. The van der Waals surface area contributed by atoms with Gasteiger partial charge in [0.25, 0.3) is 5.91 Å². The Kier molecular flexibility index (Phi) is 6.53. The molecule has 0 radical (unpaired) electrons. The number of carbonyl (C=O) groups is 1. The zero-order valence-corrected chi connectivity index (χ0v) is 16.2. The largest absolute Gasteiger partial charge is 0.322 e. The number of nitrogens with one attached hydrogen (secondary N) is 1. The zero-order valence-electron chi connectivity index (χ0n) is 16.2. The van der Waals surface area contributed by atoms with E-state index in [1.54, 1.807) is 12.1 Å². The predicted octanol–water partition coefficient (Wildman–Crippen LogP) is 6.20. The van der Waals surface area contributed by atoms with Crippen LogP contribution >= 0.6 is 0 Å². The third kappa shape index (κ3) is 4.83. The third-order valence-corrected chi connectivity index (χ3v) is 4.42. The van der Waals surface area contributed by atoms with Crippen molar-refractivity contribution in [2.24, 2.45) is 4.99 Å². The van der Waals surface area contributed by atoms with Crippen molar-refractivity contribution in [1.29, 1.82) is 0 Å². The van der Waals surface area contributed by atoms with Gasteiger partial charge in [0, 0.05) is 22.5 Å². The van der Waals surface area contributed by atoms with E-state index in [9.17, 15) is 4.79 Å². The van der Waals surface area contributed by atoms with E-state index < -0.39 is 0 Å². The fraction of sp³-hybridized carbons (Fsp3) is 0.120. The van der Waals surface area contributed by atoms with Crippen molar-refractivity contribution in [3.05, 3.63) is 108 Å². The van der Waals surface area contributed by atoms with E-state index in [4.69, 9.17) is 4.99 Å². The summed E-state index contributed by atoms with van der Waals surface area (Å²) in [6, 6.07) is 27.2. The molecule has 0 bridgehead atoms. The second-order valence-corrected chi connectivity index (χ2v) is 6.35. The van der Waals surface area contributed by atoms with E-state index in [1.807, 2.05) is 73.7 Å². The Balaban J connectivity index is 1.85. The Morgan fingerprint density at radius 1 is 0.857 bits per heavy atom. The van der Waals surface area contributed by atoms with Crippen molar-refractivity contribution in [2.75, 3.05) is 5.32 Å². The SMILES string of the molecule is C/C=C(\N=C(CC)c1ccccc1)c1cccc(NC(=O)c2ccccc2)c1. The van der Waals surface area contributed by atoms with Gasteiger partial charge < -0.3 is 5.32 Å². The number of hydrogen-bond acceptors (Lipinski definition) is 2. The Morgan fingerprint density at radius 2 is 1.46 bits per heavy atom. The monoisotopic (exact) mass is 368 g/mol. The molecule has 140 valence electrons. The lowest BCUT2D eigenvalue weighted by molar-refractivity contribution is 0.102. The van der Waals surface area contributed by atoms with Gasteiger partial charge in [-0.05, 0) is 43.2 Å². The van der Waals surface area contributed by atoms with Crippen molar-refractivity contribution in [3.8, 4) is 0 Å². The van der Waals surface area contributed by atoms with E-state index in [0.29, 0.717) is 5.56 Å². The predicted molar refractivity (Wildman–Crippen MR) is 118 cm³/mol. The molecular weight excluding hydrogens is 344 g/mol. The molecule has 3 heteroatoms. The van der Waals surface area contributed by atoms with Gasteiger partial charge in [0.05, 0.1) is 5.70 Å². The molecule has 0 atom stereocenters. The number of amides is 1. The molecule has 0 aliphatic heterocycles. The highest BCUT2D eigenvalue weighted by Crippen LogP contribution is 2.22. The molecule has 28 heavy (non-hydrogen) atoms. The highest BCUT2D eigenvalue weighted by molar-refractivity contribution is 6.05. The van der Waals surface area contributed by atoms with E-state index in [1.165, 1.54) is 0 Å². The first-order chi connectivity index (χ1) is 13.7. The fourth-order valence-corrected chi connectivity index (χ4v) is 2.97. The Hall–Kier alpha value is -3.46. The van der Waals surface area contributed by atoms with Gasteiger partial charge in [-0.25, -0.2) is 0 Å². The molecule has 0 aromatic heterocycles. The second kappa shape index (κ2) is 9.47. The number of carbonyl (C=O) groups excluding carboxylic acids is 1. The van der Waals surface area contributed by atoms with Crippen molar-refractivity contribution in [1.82, 2.24) is 0 Å². The van der Waals surface area contributed by atoms with Gasteiger partial charge in [0.15, 0.2) is 0 Å². The summed E-state index contributed by atoms with van der Waals surface area (Å²) in [5, 5.41) is 2.96. The standard InChI is InChI=1S/C25H24N2O/c1-3-23(19-12-7-5-8-13-19)27-24(4-2)21-16-11-17-22(18-21)26-25(28)20-14-9-6-10-15-20/h4-18H,3H2,1-2H3,(H,26,28)/b24-4-,27-23?. The lowest BCUT2D eigenvalue weighted by Crippen LogP contribution is -2.11. The number of nitrogens with zero attached hydrogens (tertiary/aromatic N) is 1. The summed E-state index contributed by atoms with van der Waals surface area (Å²) in [5.41, 5.74) is 5.39.